The summed E-state index contributed by atoms with van der Waals surface area (Å²) < 4.78 is 49.4. The summed E-state index contributed by atoms with van der Waals surface area (Å²) in [6, 6.07) is 11.2. The number of alkyl halides is 2. The van der Waals surface area contributed by atoms with Crippen LogP contribution in [0.15, 0.2) is 46.9 Å². The fourth-order valence-electron chi connectivity index (χ4n) is 2.85. The van der Waals surface area contributed by atoms with Crippen molar-refractivity contribution >= 4 is 15.9 Å². The lowest BCUT2D eigenvalue weighted by molar-refractivity contribution is -0.0527. The molecule has 1 fully saturated rings. The van der Waals surface area contributed by atoms with Crippen LogP contribution in [-0.4, -0.2) is 31.2 Å². The van der Waals surface area contributed by atoms with Crippen molar-refractivity contribution in [2.24, 2.45) is 0 Å². The average Bonchev–Trinajstić information content (AvgIpc) is 2.58. The molecule has 1 aliphatic rings. The first-order chi connectivity index (χ1) is 12.0. The summed E-state index contributed by atoms with van der Waals surface area (Å²) in [5.41, 5.74) is 1.57. The average molecular weight is 416 g/mol. The molecule has 0 N–H and O–H groups in total. The van der Waals surface area contributed by atoms with Crippen LogP contribution in [0.4, 0.5) is 13.2 Å². The Morgan fingerprint density at radius 3 is 2.68 bits per heavy atom. The van der Waals surface area contributed by atoms with E-state index < -0.39 is 6.61 Å². The number of benzene rings is 2. The van der Waals surface area contributed by atoms with Gasteiger partial charge in [0.05, 0.1) is 12.7 Å². The van der Waals surface area contributed by atoms with Crippen molar-refractivity contribution in [3.63, 3.8) is 0 Å². The molecule has 1 aliphatic heterocycles. The highest BCUT2D eigenvalue weighted by Crippen LogP contribution is 2.29. The molecule has 7 heteroatoms. The molecule has 1 heterocycles. The topological polar surface area (TPSA) is 21.7 Å². The lowest BCUT2D eigenvalue weighted by Gasteiger charge is -2.33. The third kappa shape index (κ3) is 4.96. The van der Waals surface area contributed by atoms with Crippen molar-refractivity contribution in [2.45, 2.75) is 19.3 Å². The van der Waals surface area contributed by atoms with Crippen LogP contribution in [0.2, 0.25) is 0 Å². The first-order valence-corrected chi connectivity index (χ1v) is 8.63. The molecule has 0 aromatic heterocycles. The Hall–Kier alpha value is -1.57. The second-order valence-corrected chi connectivity index (χ2v) is 6.69. The maximum absolute atomic E-state index is 13.1. The zero-order valence-corrected chi connectivity index (χ0v) is 14.9. The molecule has 2 aromatic carbocycles. The zero-order chi connectivity index (χ0) is 17.8. The fraction of sp³-hybridized carbons (Fsp3) is 0.333. The van der Waals surface area contributed by atoms with Crippen molar-refractivity contribution in [3.05, 3.63) is 63.9 Å². The number of nitrogens with zero attached hydrogens (tertiary/aromatic N) is 1. The van der Waals surface area contributed by atoms with Gasteiger partial charge < -0.3 is 9.47 Å². The summed E-state index contributed by atoms with van der Waals surface area (Å²) in [4.78, 5) is 2.11. The van der Waals surface area contributed by atoms with Crippen molar-refractivity contribution in [2.75, 3.05) is 19.7 Å². The quantitative estimate of drug-likeness (QED) is 0.702. The summed E-state index contributed by atoms with van der Waals surface area (Å²) in [5, 5.41) is 0. The molecule has 0 saturated carbocycles. The van der Waals surface area contributed by atoms with Crippen molar-refractivity contribution in [1.82, 2.24) is 4.90 Å². The molecular formula is C18H17BrF3NO2. The first-order valence-electron chi connectivity index (χ1n) is 7.84. The van der Waals surface area contributed by atoms with Gasteiger partial charge >= 0.3 is 6.61 Å². The molecule has 1 atom stereocenters. The maximum atomic E-state index is 13.1. The predicted octanol–water partition coefficient (Wildman–Crippen LogP) is 4.76. The van der Waals surface area contributed by atoms with E-state index >= 15 is 0 Å². The Labute approximate surface area is 152 Å². The zero-order valence-electron chi connectivity index (χ0n) is 13.3. The summed E-state index contributed by atoms with van der Waals surface area (Å²) in [6.45, 7) is -0.620. The Kier molecular flexibility index (Phi) is 5.98. The molecule has 25 heavy (non-hydrogen) atoms. The van der Waals surface area contributed by atoms with Gasteiger partial charge in [-0.3, -0.25) is 4.90 Å². The molecule has 0 amide bonds. The van der Waals surface area contributed by atoms with E-state index in [9.17, 15) is 13.2 Å². The van der Waals surface area contributed by atoms with Gasteiger partial charge in [0.25, 0.3) is 0 Å². The smallest absolute Gasteiger partial charge is 0.387 e. The normalized spacial score (nSPS) is 18.5. The van der Waals surface area contributed by atoms with Crippen molar-refractivity contribution in [3.8, 4) is 5.75 Å². The third-order valence-electron chi connectivity index (χ3n) is 4.02. The minimum atomic E-state index is -2.86. The molecule has 1 saturated heterocycles. The number of morpholine rings is 1. The van der Waals surface area contributed by atoms with E-state index in [1.54, 1.807) is 24.3 Å². The number of hydrogen-bond acceptors (Lipinski definition) is 3. The number of hydrogen-bond donors (Lipinski definition) is 0. The lowest BCUT2D eigenvalue weighted by atomic mass is 10.1. The van der Waals surface area contributed by atoms with Crippen LogP contribution in [0, 0.1) is 5.82 Å². The SMILES string of the molecule is Fc1ccc([C@@H]2CN(Cc3cc(Br)ccc3OC(F)F)CCO2)cc1. The van der Waals surface area contributed by atoms with E-state index in [-0.39, 0.29) is 17.7 Å². The third-order valence-corrected chi connectivity index (χ3v) is 4.52. The molecule has 0 unspecified atom stereocenters. The first kappa shape index (κ1) is 18.2. The number of ether oxygens (including phenoxy) is 2. The van der Waals surface area contributed by atoms with Gasteiger partial charge in [-0.1, -0.05) is 28.1 Å². The predicted molar refractivity (Wildman–Crippen MR) is 91.1 cm³/mol. The molecule has 0 aliphatic carbocycles. The minimum absolute atomic E-state index is 0.169. The highest BCUT2D eigenvalue weighted by atomic mass is 79.9. The molecule has 0 spiro atoms. The largest absolute Gasteiger partial charge is 0.434 e. The monoisotopic (exact) mass is 415 g/mol. The second kappa shape index (κ2) is 8.21. The van der Waals surface area contributed by atoms with E-state index in [2.05, 4.69) is 25.6 Å². The van der Waals surface area contributed by atoms with Crippen LogP contribution in [-0.2, 0) is 11.3 Å². The molecule has 0 bridgehead atoms. The summed E-state index contributed by atoms with van der Waals surface area (Å²) in [5.74, 6) is -0.123. The van der Waals surface area contributed by atoms with E-state index in [0.29, 0.717) is 31.8 Å². The molecule has 0 radical (unpaired) electrons. The van der Waals surface area contributed by atoms with Crippen LogP contribution < -0.4 is 4.74 Å². The van der Waals surface area contributed by atoms with Crippen LogP contribution >= 0.6 is 15.9 Å². The standard InChI is InChI=1S/C18H17BrF3NO2/c19-14-3-6-16(25-18(21)22)13(9-14)10-23-7-8-24-17(11-23)12-1-4-15(20)5-2-12/h1-6,9,17-18H,7-8,10-11H2/t17-/m0/s1. The Morgan fingerprint density at radius 2 is 1.96 bits per heavy atom. The molecule has 3 nitrogen and oxygen atoms in total. The molecule has 134 valence electrons. The highest BCUT2D eigenvalue weighted by Gasteiger charge is 2.23. The van der Waals surface area contributed by atoms with Gasteiger partial charge in [0.1, 0.15) is 11.6 Å². The van der Waals surface area contributed by atoms with Crippen LogP contribution in [0.1, 0.15) is 17.2 Å². The molecular weight excluding hydrogens is 399 g/mol. The summed E-state index contributed by atoms with van der Waals surface area (Å²) in [6.07, 6.45) is -0.180. The Morgan fingerprint density at radius 1 is 1.20 bits per heavy atom. The maximum Gasteiger partial charge on any atom is 0.387 e. The van der Waals surface area contributed by atoms with Gasteiger partial charge in [-0.15, -0.1) is 0 Å². The van der Waals surface area contributed by atoms with Crippen LogP contribution in [0.25, 0.3) is 0 Å². The molecule has 3 rings (SSSR count). The van der Waals surface area contributed by atoms with Crippen LogP contribution in [0.3, 0.4) is 0 Å². The van der Waals surface area contributed by atoms with E-state index in [1.807, 2.05) is 0 Å². The van der Waals surface area contributed by atoms with Gasteiger partial charge in [-0.2, -0.15) is 8.78 Å². The highest BCUT2D eigenvalue weighted by molar-refractivity contribution is 9.10. The Balaban J connectivity index is 1.72. The fourth-order valence-corrected chi connectivity index (χ4v) is 3.26. The van der Waals surface area contributed by atoms with E-state index in [4.69, 9.17) is 4.74 Å². The van der Waals surface area contributed by atoms with Gasteiger partial charge in [0, 0.05) is 29.7 Å². The summed E-state index contributed by atoms with van der Waals surface area (Å²) in [7, 11) is 0. The van der Waals surface area contributed by atoms with E-state index in [0.717, 1.165) is 10.0 Å². The second-order valence-electron chi connectivity index (χ2n) is 5.78. The van der Waals surface area contributed by atoms with Gasteiger partial charge in [-0.25, -0.2) is 4.39 Å². The van der Waals surface area contributed by atoms with Gasteiger partial charge in [0.2, 0.25) is 0 Å². The minimum Gasteiger partial charge on any atom is -0.434 e. The van der Waals surface area contributed by atoms with Gasteiger partial charge in [0.15, 0.2) is 0 Å². The van der Waals surface area contributed by atoms with E-state index in [1.165, 1.54) is 18.2 Å². The van der Waals surface area contributed by atoms with Crippen molar-refractivity contribution < 1.29 is 22.6 Å². The van der Waals surface area contributed by atoms with Gasteiger partial charge in [-0.05, 0) is 35.9 Å². The number of rotatable bonds is 5. The summed E-state index contributed by atoms with van der Waals surface area (Å²) >= 11 is 3.36. The lowest BCUT2D eigenvalue weighted by Crippen LogP contribution is -2.37. The molecule has 2 aromatic rings. The van der Waals surface area contributed by atoms with Crippen LogP contribution in [0.5, 0.6) is 5.75 Å². The Bertz CT molecular complexity index is 712. The number of halogens is 4. The van der Waals surface area contributed by atoms with Crippen molar-refractivity contribution in [1.29, 1.82) is 0 Å².